The van der Waals surface area contributed by atoms with E-state index in [1.54, 1.807) is 0 Å². The highest BCUT2D eigenvalue weighted by Gasteiger charge is 2.24. The van der Waals surface area contributed by atoms with Crippen LogP contribution in [0.1, 0.15) is 109 Å². The molecule has 0 heterocycles. The standard InChI is InChI=1S/C26H49N5O3S/c1-7-8-18-31(6)35(33,34)30-26(32)29-25-21(23(27)16-9-12-19(2)3)14-11-15-22(25)24(28)17-10-13-20(4)5/h11,14-15,19-20,23-24H,7-10,12-13,16-18,27-28H2,1-6H3,(H2,29,30,32). The lowest BCUT2D eigenvalue weighted by atomic mass is 9.91. The third-order valence-electron chi connectivity index (χ3n) is 6.22. The van der Waals surface area contributed by atoms with Crippen LogP contribution in [0.5, 0.6) is 0 Å². The number of amides is 2. The Labute approximate surface area is 213 Å². The Hall–Kier alpha value is -1.68. The second-order valence-corrected chi connectivity index (χ2v) is 12.2. The molecule has 0 saturated carbocycles. The first-order valence-electron chi connectivity index (χ1n) is 13.1. The number of rotatable bonds is 16. The molecule has 0 bridgehead atoms. The summed E-state index contributed by atoms with van der Waals surface area (Å²) in [4.78, 5) is 12.9. The summed E-state index contributed by atoms with van der Waals surface area (Å²) in [6, 6.07) is 4.29. The molecule has 1 rings (SSSR count). The van der Waals surface area contributed by atoms with Crippen LogP contribution in [0, 0.1) is 11.8 Å². The molecule has 35 heavy (non-hydrogen) atoms. The van der Waals surface area contributed by atoms with Crippen molar-refractivity contribution < 1.29 is 13.2 Å². The molecule has 202 valence electrons. The fourth-order valence-electron chi connectivity index (χ4n) is 3.99. The molecule has 0 aliphatic carbocycles. The zero-order chi connectivity index (χ0) is 26.6. The van der Waals surface area contributed by atoms with Crippen molar-refractivity contribution in [3.05, 3.63) is 29.3 Å². The van der Waals surface area contributed by atoms with Crippen LogP contribution in [0.2, 0.25) is 0 Å². The predicted octanol–water partition coefficient (Wildman–Crippen LogP) is 5.44. The fraction of sp³-hybridized carbons (Fsp3) is 0.731. The second-order valence-electron chi connectivity index (χ2n) is 10.4. The van der Waals surface area contributed by atoms with Crippen molar-refractivity contribution >= 4 is 21.9 Å². The van der Waals surface area contributed by atoms with Crippen molar-refractivity contribution in [2.45, 2.75) is 98.1 Å². The molecule has 1 aromatic rings. The summed E-state index contributed by atoms with van der Waals surface area (Å²) in [5.74, 6) is 1.17. The first-order chi connectivity index (χ1) is 16.4. The molecule has 2 atom stereocenters. The number of nitrogens with zero attached hydrogens (tertiary/aromatic N) is 1. The average Bonchev–Trinajstić information content (AvgIpc) is 2.76. The minimum atomic E-state index is -3.96. The number of para-hydroxylation sites is 1. The molecular weight excluding hydrogens is 462 g/mol. The van der Waals surface area contributed by atoms with Gasteiger partial charge in [-0.2, -0.15) is 12.7 Å². The van der Waals surface area contributed by atoms with Crippen molar-refractivity contribution in [2.75, 3.05) is 18.9 Å². The van der Waals surface area contributed by atoms with E-state index in [1.807, 2.05) is 25.1 Å². The van der Waals surface area contributed by atoms with Crippen LogP contribution in [0.4, 0.5) is 10.5 Å². The smallest absolute Gasteiger partial charge is 0.324 e. The van der Waals surface area contributed by atoms with E-state index in [0.29, 0.717) is 30.5 Å². The molecular formula is C26H49N5O3S. The van der Waals surface area contributed by atoms with E-state index >= 15 is 0 Å². The van der Waals surface area contributed by atoms with E-state index in [9.17, 15) is 13.2 Å². The van der Waals surface area contributed by atoms with Crippen molar-refractivity contribution in [1.82, 2.24) is 9.03 Å². The van der Waals surface area contributed by atoms with Crippen LogP contribution in [0.15, 0.2) is 18.2 Å². The molecule has 6 N–H and O–H groups in total. The van der Waals surface area contributed by atoms with Gasteiger partial charge in [0.15, 0.2) is 0 Å². The minimum absolute atomic E-state index is 0.296. The number of hydrogen-bond donors (Lipinski definition) is 4. The zero-order valence-electron chi connectivity index (χ0n) is 22.6. The Bertz CT molecular complexity index is 835. The molecule has 8 nitrogen and oxygen atoms in total. The van der Waals surface area contributed by atoms with E-state index in [4.69, 9.17) is 11.5 Å². The number of urea groups is 1. The van der Waals surface area contributed by atoms with Crippen molar-refractivity contribution in [3.63, 3.8) is 0 Å². The van der Waals surface area contributed by atoms with Gasteiger partial charge in [-0.1, -0.05) is 84.9 Å². The summed E-state index contributed by atoms with van der Waals surface area (Å²) >= 11 is 0. The molecule has 0 aromatic heterocycles. The Morgan fingerprint density at radius 3 is 1.83 bits per heavy atom. The summed E-state index contributed by atoms with van der Waals surface area (Å²) in [5, 5.41) is 2.79. The van der Waals surface area contributed by atoms with Gasteiger partial charge in [0.1, 0.15) is 0 Å². The predicted molar refractivity (Wildman–Crippen MR) is 146 cm³/mol. The number of benzene rings is 1. The highest BCUT2D eigenvalue weighted by atomic mass is 32.2. The maximum Gasteiger partial charge on any atom is 0.333 e. The minimum Gasteiger partial charge on any atom is -0.324 e. The lowest BCUT2D eigenvalue weighted by Crippen LogP contribution is -2.44. The summed E-state index contributed by atoms with van der Waals surface area (Å²) in [6.07, 6.45) is 7.14. The third-order valence-corrected chi connectivity index (χ3v) is 7.66. The molecule has 0 fully saturated rings. The van der Waals surface area contributed by atoms with Gasteiger partial charge in [0, 0.05) is 25.7 Å². The molecule has 2 amide bonds. The van der Waals surface area contributed by atoms with Crippen molar-refractivity contribution in [2.24, 2.45) is 23.3 Å². The maximum atomic E-state index is 12.9. The van der Waals surface area contributed by atoms with Gasteiger partial charge in [0.2, 0.25) is 0 Å². The van der Waals surface area contributed by atoms with Gasteiger partial charge >= 0.3 is 16.2 Å². The van der Waals surface area contributed by atoms with E-state index in [2.05, 4.69) is 37.7 Å². The van der Waals surface area contributed by atoms with Gasteiger partial charge < -0.3 is 16.8 Å². The summed E-state index contributed by atoms with van der Waals surface area (Å²) in [7, 11) is -2.50. The van der Waals surface area contributed by atoms with Gasteiger partial charge in [0.05, 0.1) is 5.69 Å². The average molecular weight is 512 g/mol. The van der Waals surface area contributed by atoms with E-state index in [-0.39, 0.29) is 12.1 Å². The van der Waals surface area contributed by atoms with Crippen LogP contribution in [-0.2, 0) is 10.2 Å². The first kappa shape index (κ1) is 31.4. The lowest BCUT2D eigenvalue weighted by Gasteiger charge is -2.24. The molecule has 0 radical (unpaired) electrons. The van der Waals surface area contributed by atoms with E-state index in [0.717, 1.165) is 60.4 Å². The highest BCUT2D eigenvalue weighted by molar-refractivity contribution is 7.87. The number of hydrogen-bond acceptors (Lipinski definition) is 5. The van der Waals surface area contributed by atoms with Crippen LogP contribution >= 0.6 is 0 Å². The highest BCUT2D eigenvalue weighted by Crippen LogP contribution is 2.33. The Morgan fingerprint density at radius 1 is 0.914 bits per heavy atom. The third kappa shape index (κ3) is 11.3. The largest absolute Gasteiger partial charge is 0.333 e. The second kappa shape index (κ2) is 15.4. The van der Waals surface area contributed by atoms with E-state index < -0.39 is 16.2 Å². The van der Waals surface area contributed by atoms with Gasteiger partial charge in [-0.05, 0) is 42.2 Å². The first-order valence-corrected chi connectivity index (χ1v) is 14.5. The van der Waals surface area contributed by atoms with Gasteiger partial charge in [-0.15, -0.1) is 0 Å². The monoisotopic (exact) mass is 511 g/mol. The van der Waals surface area contributed by atoms with Crippen LogP contribution < -0.4 is 21.5 Å². The fourth-order valence-corrected chi connectivity index (χ4v) is 4.80. The molecule has 0 aliphatic rings. The topological polar surface area (TPSA) is 131 Å². The molecule has 2 unspecified atom stereocenters. The molecule has 0 spiro atoms. The van der Waals surface area contributed by atoms with Crippen LogP contribution in [0.25, 0.3) is 0 Å². The zero-order valence-corrected chi connectivity index (χ0v) is 23.5. The number of unbranched alkanes of at least 4 members (excludes halogenated alkanes) is 1. The molecule has 1 aromatic carbocycles. The van der Waals surface area contributed by atoms with Crippen molar-refractivity contribution in [3.8, 4) is 0 Å². The Kier molecular flexibility index (Phi) is 13.8. The summed E-state index contributed by atoms with van der Waals surface area (Å²) in [5.41, 5.74) is 15.2. The van der Waals surface area contributed by atoms with Crippen LogP contribution in [0.3, 0.4) is 0 Å². The number of nitrogens with two attached hydrogens (primary N) is 2. The summed E-state index contributed by atoms with van der Waals surface area (Å²) in [6.45, 7) is 11.0. The van der Waals surface area contributed by atoms with Gasteiger partial charge in [-0.25, -0.2) is 9.52 Å². The SMILES string of the molecule is CCCCN(C)S(=O)(=O)NC(=O)Nc1c(C(N)CCCC(C)C)cccc1C(N)CCCC(C)C. The molecule has 0 saturated heterocycles. The number of anilines is 1. The van der Waals surface area contributed by atoms with Gasteiger partial charge in [-0.3, -0.25) is 0 Å². The number of carbonyl (C=O) groups is 1. The Morgan fingerprint density at radius 2 is 1.40 bits per heavy atom. The van der Waals surface area contributed by atoms with E-state index in [1.165, 1.54) is 7.05 Å². The normalized spacial score (nSPS) is 13.9. The molecule has 0 aliphatic heterocycles. The number of carbonyl (C=O) groups excluding carboxylic acids is 1. The van der Waals surface area contributed by atoms with Crippen LogP contribution in [-0.4, -0.2) is 32.3 Å². The molecule has 9 heteroatoms. The van der Waals surface area contributed by atoms with Crippen molar-refractivity contribution in [1.29, 1.82) is 0 Å². The number of nitrogens with one attached hydrogen (secondary N) is 2. The maximum absolute atomic E-state index is 12.9. The quantitative estimate of drug-likeness (QED) is 0.235. The lowest BCUT2D eigenvalue weighted by molar-refractivity contribution is 0.256. The van der Waals surface area contributed by atoms with Gasteiger partial charge in [0.25, 0.3) is 0 Å². The summed E-state index contributed by atoms with van der Waals surface area (Å²) < 4.78 is 28.5. The Balaban J connectivity index is 3.17.